The zero-order valence-corrected chi connectivity index (χ0v) is 9.40. The Labute approximate surface area is 94.3 Å². The third kappa shape index (κ3) is 2.22. The summed E-state index contributed by atoms with van der Waals surface area (Å²) in [6.07, 6.45) is 1.56. The SMILES string of the molecule is C=CC(=C)N1NNN=C1C(C)C(C)C(=O)O. The van der Waals surface area contributed by atoms with E-state index in [0.717, 1.165) is 0 Å². The normalized spacial score (nSPS) is 18.4. The van der Waals surface area contributed by atoms with Crippen molar-refractivity contribution in [2.24, 2.45) is 16.9 Å². The van der Waals surface area contributed by atoms with Gasteiger partial charge in [-0.3, -0.25) is 4.79 Å². The van der Waals surface area contributed by atoms with Crippen molar-refractivity contribution in [1.82, 2.24) is 16.1 Å². The Morgan fingerprint density at radius 2 is 2.25 bits per heavy atom. The van der Waals surface area contributed by atoms with Gasteiger partial charge in [0.1, 0.15) is 5.84 Å². The smallest absolute Gasteiger partial charge is 0.306 e. The van der Waals surface area contributed by atoms with Crippen LogP contribution in [0.1, 0.15) is 13.8 Å². The molecule has 0 saturated heterocycles. The van der Waals surface area contributed by atoms with Gasteiger partial charge in [-0.25, -0.2) is 10.5 Å². The van der Waals surface area contributed by atoms with E-state index in [4.69, 9.17) is 5.11 Å². The van der Waals surface area contributed by atoms with Gasteiger partial charge in [0.25, 0.3) is 0 Å². The van der Waals surface area contributed by atoms with Gasteiger partial charge in [-0.2, -0.15) is 0 Å². The summed E-state index contributed by atoms with van der Waals surface area (Å²) in [5.41, 5.74) is 5.93. The van der Waals surface area contributed by atoms with E-state index in [0.29, 0.717) is 11.5 Å². The molecule has 0 aromatic rings. The van der Waals surface area contributed by atoms with Crippen LogP contribution in [0, 0.1) is 11.8 Å². The zero-order valence-electron chi connectivity index (χ0n) is 9.40. The maximum Gasteiger partial charge on any atom is 0.306 e. The highest BCUT2D eigenvalue weighted by Crippen LogP contribution is 2.18. The van der Waals surface area contributed by atoms with Crippen molar-refractivity contribution in [3.63, 3.8) is 0 Å². The van der Waals surface area contributed by atoms with Crippen molar-refractivity contribution in [3.05, 3.63) is 24.9 Å². The molecule has 0 aromatic carbocycles. The average Bonchev–Trinajstić information content (AvgIpc) is 2.74. The minimum absolute atomic E-state index is 0.239. The maximum absolute atomic E-state index is 10.9. The van der Waals surface area contributed by atoms with Crippen LogP contribution in [0.2, 0.25) is 0 Å². The highest BCUT2D eigenvalue weighted by Gasteiger charge is 2.30. The predicted octanol–water partition coefficient (Wildman–Crippen LogP) is 0.681. The first-order valence-electron chi connectivity index (χ1n) is 4.91. The van der Waals surface area contributed by atoms with E-state index < -0.39 is 11.9 Å². The number of nitrogens with one attached hydrogen (secondary N) is 2. The number of carbonyl (C=O) groups is 1. The number of hydrazone groups is 1. The molecule has 1 aliphatic heterocycles. The predicted molar refractivity (Wildman–Crippen MR) is 60.8 cm³/mol. The van der Waals surface area contributed by atoms with Crippen molar-refractivity contribution >= 4 is 11.8 Å². The lowest BCUT2D eigenvalue weighted by Gasteiger charge is -2.24. The molecular formula is C10H16N4O2. The van der Waals surface area contributed by atoms with E-state index in [1.807, 2.05) is 0 Å². The molecule has 1 rings (SSSR count). The van der Waals surface area contributed by atoms with Gasteiger partial charge in [0.15, 0.2) is 0 Å². The fourth-order valence-corrected chi connectivity index (χ4v) is 1.29. The van der Waals surface area contributed by atoms with Gasteiger partial charge in [-0.05, 0) is 6.08 Å². The number of nitrogens with zero attached hydrogens (tertiary/aromatic N) is 2. The number of allylic oxidation sites excluding steroid dienone is 1. The molecule has 0 spiro atoms. The van der Waals surface area contributed by atoms with E-state index in [1.165, 1.54) is 0 Å². The average molecular weight is 224 g/mol. The highest BCUT2D eigenvalue weighted by atomic mass is 16.4. The topological polar surface area (TPSA) is 77.0 Å². The van der Waals surface area contributed by atoms with Gasteiger partial charge in [0.05, 0.1) is 11.6 Å². The third-order valence-corrected chi connectivity index (χ3v) is 2.63. The number of hydrazine groups is 2. The molecule has 0 fully saturated rings. The number of hydrogen-bond acceptors (Lipinski definition) is 5. The molecule has 16 heavy (non-hydrogen) atoms. The second-order valence-electron chi connectivity index (χ2n) is 3.64. The summed E-state index contributed by atoms with van der Waals surface area (Å²) in [5, 5.41) is 14.5. The fourth-order valence-electron chi connectivity index (χ4n) is 1.29. The summed E-state index contributed by atoms with van der Waals surface area (Å²) < 4.78 is 0. The number of rotatable bonds is 5. The standard InChI is InChI=1S/C10H16N4O2/c1-5-6(2)14-9(11-12-13-14)7(3)8(4)10(15)16/h5,7-8,12-13H,1-2H2,3-4H3,(H,15,16). The second kappa shape index (κ2) is 4.80. The van der Waals surface area contributed by atoms with Gasteiger partial charge >= 0.3 is 5.97 Å². The van der Waals surface area contributed by atoms with Gasteiger partial charge in [-0.1, -0.05) is 27.0 Å². The summed E-state index contributed by atoms with van der Waals surface area (Å²) in [4.78, 5) is 10.9. The van der Waals surface area contributed by atoms with Crippen LogP contribution in [-0.4, -0.2) is 21.9 Å². The van der Waals surface area contributed by atoms with Gasteiger partial charge in [-0.15, -0.1) is 10.6 Å². The summed E-state index contributed by atoms with van der Waals surface area (Å²) >= 11 is 0. The molecule has 6 heteroatoms. The molecule has 0 bridgehead atoms. The Morgan fingerprint density at radius 1 is 1.62 bits per heavy atom. The van der Waals surface area contributed by atoms with Crippen LogP contribution in [-0.2, 0) is 4.79 Å². The Kier molecular flexibility index (Phi) is 3.68. The molecule has 88 valence electrons. The van der Waals surface area contributed by atoms with Crippen molar-refractivity contribution in [2.45, 2.75) is 13.8 Å². The first kappa shape index (κ1) is 12.3. The minimum Gasteiger partial charge on any atom is -0.481 e. The van der Waals surface area contributed by atoms with Crippen LogP contribution >= 0.6 is 0 Å². The number of amidine groups is 1. The van der Waals surface area contributed by atoms with Crippen LogP contribution in [0.5, 0.6) is 0 Å². The maximum atomic E-state index is 10.9. The Hall–Kier alpha value is -1.82. The van der Waals surface area contributed by atoms with Crippen LogP contribution in [0.3, 0.4) is 0 Å². The molecule has 1 heterocycles. The Bertz CT molecular complexity index is 351. The van der Waals surface area contributed by atoms with Crippen LogP contribution < -0.4 is 11.1 Å². The number of carboxylic acid groups (broad SMARTS) is 1. The van der Waals surface area contributed by atoms with Crippen LogP contribution in [0.15, 0.2) is 30.0 Å². The quantitative estimate of drug-likeness (QED) is 0.599. The molecule has 0 aliphatic carbocycles. The molecule has 2 atom stereocenters. The monoisotopic (exact) mass is 224 g/mol. The fraction of sp³-hybridized carbons (Fsp3) is 0.400. The van der Waals surface area contributed by atoms with Crippen molar-refractivity contribution in [1.29, 1.82) is 0 Å². The molecular weight excluding hydrogens is 208 g/mol. The Morgan fingerprint density at radius 3 is 2.75 bits per heavy atom. The lowest BCUT2D eigenvalue weighted by Crippen LogP contribution is -2.43. The molecule has 1 aliphatic rings. The van der Waals surface area contributed by atoms with Crippen molar-refractivity contribution in [2.75, 3.05) is 0 Å². The minimum atomic E-state index is -0.855. The highest BCUT2D eigenvalue weighted by molar-refractivity contribution is 5.90. The number of carboxylic acids is 1. The molecule has 2 unspecified atom stereocenters. The van der Waals surface area contributed by atoms with Crippen LogP contribution in [0.4, 0.5) is 0 Å². The lowest BCUT2D eigenvalue weighted by molar-refractivity contribution is -0.142. The van der Waals surface area contributed by atoms with Crippen molar-refractivity contribution in [3.8, 4) is 0 Å². The number of aliphatic carboxylic acids is 1. The van der Waals surface area contributed by atoms with E-state index >= 15 is 0 Å². The molecule has 3 N–H and O–H groups in total. The zero-order chi connectivity index (χ0) is 12.3. The second-order valence-corrected chi connectivity index (χ2v) is 3.64. The summed E-state index contributed by atoms with van der Waals surface area (Å²) in [6, 6.07) is 0. The van der Waals surface area contributed by atoms with Gasteiger partial charge in [0.2, 0.25) is 0 Å². The lowest BCUT2D eigenvalue weighted by atomic mass is 9.94. The summed E-state index contributed by atoms with van der Waals surface area (Å²) in [5.74, 6) is -1.04. The molecule has 0 amide bonds. The summed E-state index contributed by atoms with van der Waals surface area (Å²) in [6.45, 7) is 10.8. The van der Waals surface area contributed by atoms with Crippen LogP contribution in [0.25, 0.3) is 0 Å². The van der Waals surface area contributed by atoms with E-state index in [2.05, 4.69) is 29.3 Å². The third-order valence-electron chi connectivity index (χ3n) is 2.63. The van der Waals surface area contributed by atoms with Gasteiger partial charge in [0, 0.05) is 5.92 Å². The van der Waals surface area contributed by atoms with Crippen molar-refractivity contribution < 1.29 is 9.90 Å². The largest absolute Gasteiger partial charge is 0.481 e. The first-order chi connectivity index (χ1) is 7.49. The van der Waals surface area contributed by atoms with E-state index in [-0.39, 0.29) is 5.92 Å². The van der Waals surface area contributed by atoms with E-state index in [9.17, 15) is 4.79 Å². The number of hydrogen-bond donors (Lipinski definition) is 3. The molecule has 0 saturated carbocycles. The van der Waals surface area contributed by atoms with E-state index in [1.54, 1.807) is 24.9 Å². The molecule has 6 nitrogen and oxygen atoms in total. The molecule has 0 radical (unpaired) electrons. The molecule has 0 aromatic heterocycles. The first-order valence-corrected chi connectivity index (χ1v) is 4.91. The summed E-state index contributed by atoms with van der Waals surface area (Å²) in [7, 11) is 0. The van der Waals surface area contributed by atoms with Gasteiger partial charge < -0.3 is 5.11 Å². The Balaban J connectivity index is 2.83.